The van der Waals surface area contributed by atoms with Crippen LogP contribution >= 0.6 is 7.82 Å². The average Bonchev–Trinajstić information content (AvgIpc) is 2.95. The molecule has 0 aromatic carbocycles. The Kier molecular flexibility index (Phi) is 40.4. The minimum absolute atomic E-state index is 0. The molecule has 1 atom stereocenters. The summed E-state index contributed by atoms with van der Waals surface area (Å²) < 4.78 is 24.9. The van der Waals surface area contributed by atoms with Gasteiger partial charge in [-0.25, -0.2) is 4.79 Å². The van der Waals surface area contributed by atoms with Crippen LogP contribution in [-0.4, -0.2) is 37.2 Å². The normalized spacial score (nSPS) is 8.89. The number of phosphoric ester groups is 1. The van der Waals surface area contributed by atoms with Gasteiger partial charge in [-0.3, -0.25) is 9.59 Å². The second-order valence-electron chi connectivity index (χ2n) is 8.52. The standard InChI is InChI=1S/C31H33O8P.C2H5NO.2Na.13H2/c1-3-5-7-9-11-13-14-15-16-18-19-21-23-25-30(32)37-27-29(28-38-40(34,35)36)39-31(33)26-24-22-20-17-12-10-8-6-4-2;1-2(3)4;;;;;;;;;;;;;;;/h29H,4,6,8,10,12,17,20,22,24,26-28H2,1-2H3,(H2,34,35,36);1H3,(H2,3,4);;;13*1H/q;;2*+1;;;;;;;;;;;;;/p-2/t29-;;;;;;;;;;;;;;;;/m1................/s1. The molecule has 0 aliphatic carbocycles. The molecule has 10 nitrogen and oxygen atoms in total. The number of esters is 2. The van der Waals surface area contributed by atoms with Gasteiger partial charge in [0.2, 0.25) is 5.91 Å². The third-order valence-corrected chi connectivity index (χ3v) is 5.04. The zero-order chi connectivity index (χ0) is 33.3. The van der Waals surface area contributed by atoms with E-state index in [-0.39, 0.29) is 90.0 Å². The molecule has 0 unspecified atom stereocenters. The Morgan fingerprint density at radius 2 is 1.15 bits per heavy atom. The fraction of sp³-hybridized carbons (Fsp3) is 0.485. The van der Waals surface area contributed by atoms with Gasteiger partial charge in [-0.1, -0.05) is 64.2 Å². The molecule has 0 aliphatic heterocycles. The summed E-state index contributed by atoms with van der Waals surface area (Å²) >= 11 is 0. The molecule has 0 aromatic heterocycles. The first-order chi connectivity index (χ1) is 21.0. The van der Waals surface area contributed by atoms with Crippen LogP contribution in [0.1, 0.15) is 104 Å². The second-order valence-corrected chi connectivity index (χ2v) is 9.67. The first kappa shape index (κ1) is 50.3. The summed E-state index contributed by atoms with van der Waals surface area (Å²) in [5.41, 5.74) is 4.47. The molecule has 0 radical (unpaired) electrons. The van der Waals surface area contributed by atoms with Crippen molar-refractivity contribution in [2.24, 2.45) is 5.73 Å². The first-order valence-electron chi connectivity index (χ1n) is 13.7. The maximum absolute atomic E-state index is 12.1. The van der Waals surface area contributed by atoms with E-state index in [2.05, 4.69) is 100 Å². The van der Waals surface area contributed by atoms with E-state index in [9.17, 15) is 28.7 Å². The van der Waals surface area contributed by atoms with Crippen LogP contribution in [0.15, 0.2) is 0 Å². The first-order valence-corrected chi connectivity index (χ1v) is 15.2. The van der Waals surface area contributed by atoms with Gasteiger partial charge in [-0.15, -0.1) is 0 Å². The van der Waals surface area contributed by atoms with Crippen molar-refractivity contribution in [2.45, 2.75) is 91.1 Å². The number of hydrogen-bond acceptors (Lipinski definition) is 9. The smallest absolute Gasteiger partial charge is 0.790 e. The third-order valence-electron chi connectivity index (χ3n) is 4.58. The van der Waals surface area contributed by atoms with Crippen molar-refractivity contribution in [3.8, 4) is 82.9 Å². The molecule has 13 heteroatoms. The van der Waals surface area contributed by atoms with Crippen LogP contribution in [0.25, 0.3) is 0 Å². The number of primary amides is 1. The maximum atomic E-state index is 12.1. The molecule has 0 heterocycles. The molecule has 0 saturated heterocycles. The Morgan fingerprint density at radius 1 is 0.739 bits per heavy atom. The molecule has 0 aromatic rings. The number of nitrogens with two attached hydrogens (primary N) is 1. The number of phosphoric acid groups is 1. The molecule has 260 valence electrons. The Bertz CT molecular complexity index is 1450. The number of rotatable bonds is 16. The van der Waals surface area contributed by atoms with E-state index in [0.717, 1.165) is 19.3 Å². The summed E-state index contributed by atoms with van der Waals surface area (Å²) in [6.45, 7) is 3.79. The number of unbranched alkanes of at least 4 members (excludes halogenated alkanes) is 8. The number of ether oxygens (including phenoxy) is 2. The number of carbonyl (C=O) groups is 3. The van der Waals surface area contributed by atoms with Gasteiger partial charge >= 0.3 is 71.1 Å². The van der Waals surface area contributed by atoms with Gasteiger partial charge in [0.05, 0.1) is 14.4 Å². The summed E-state index contributed by atoms with van der Waals surface area (Å²) in [5, 5.41) is 0. The van der Waals surface area contributed by atoms with Gasteiger partial charge in [0, 0.05) is 37.8 Å². The molecular weight excluding hydrogens is 631 g/mol. The molecule has 0 rings (SSSR count). The van der Waals surface area contributed by atoms with Crippen molar-refractivity contribution >= 4 is 25.7 Å². The van der Waals surface area contributed by atoms with Gasteiger partial charge < -0.3 is 34.1 Å². The van der Waals surface area contributed by atoms with Gasteiger partial charge in [0.1, 0.15) is 6.61 Å². The summed E-state index contributed by atoms with van der Waals surface area (Å²) in [6.07, 6.45) is 8.41. The van der Waals surface area contributed by atoms with Crippen LogP contribution in [0.3, 0.4) is 0 Å². The molecule has 46 heavy (non-hydrogen) atoms. The van der Waals surface area contributed by atoms with Crippen molar-refractivity contribution in [2.75, 3.05) is 13.2 Å². The number of amides is 1. The zero-order valence-corrected chi connectivity index (χ0v) is 32.2. The van der Waals surface area contributed by atoms with Crippen molar-refractivity contribution in [3.63, 3.8) is 0 Å². The summed E-state index contributed by atoms with van der Waals surface area (Å²) in [7, 11) is -5.32. The Labute approximate surface area is 337 Å². The predicted octanol–water partition coefficient (Wildman–Crippen LogP) is -1.05. The summed E-state index contributed by atoms with van der Waals surface area (Å²) in [4.78, 5) is 54.7. The summed E-state index contributed by atoms with van der Waals surface area (Å²) in [5.74, 6) is 31.6. The van der Waals surface area contributed by atoms with E-state index in [1.165, 1.54) is 39.0 Å². The molecule has 0 spiro atoms. The number of carbonyl (C=O) groups excluding carboxylic acids is 3. The predicted molar refractivity (Wildman–Crippen MR) is 189 cm³/mol. The van der Waals surface area contributed by atoms with E-state index < -0.39 is 39.1 Å². The quantitative estimate of drug-likeness (QED) is 0.0530. The average molecular weight is 694 g/mol. The van der Waals surface area contributed by atoms with E-state index in [1.807, 2.05) is 0 Å². The zero-order valence-electron chi connectivity index (χ0n) is 27.3. The second kappa shape index (κ2) is 36.9. The van der Waals surface area contributed by atoms with Crippen LogP contribution in [-0.2, 0) is 32.9 Å². The number of hydrogen-bond donors (Lipinski definition) is 1. The van der Waals surface area contributed by atoms with E-state index in [0.29, 0.717) is 6.42 Å². The molecule has 1 amide bonds. The van der Waals surface area contributed by atoms with E-state index >= 15 is 0 Å². The molecule has 0 aliphatic rings. The molecule has 0 saturated carbocycles. The Morgan fingerprint density at radius 3 is 1.59 bits per heavy atom. The summed E-state index contributed by atoms with van der Waals surface area (Å²) in [6, 6.07) is 0. The van der Waals surface area contributed by atoms with Crippen LogP contribution in [0.4, 0.5) is 0 Å². The van der Waals surface area contributed by atoms with Gasteiger partial charge in [0.15, 0.2) is 6.10 Å². The Balaban J connectivity index is -0.0000000590. The van der Waals surface area contributed by atoms with Crippen molar-refractivity contribution in [1.29, 1.82) is 0 Å². The van der Waals surface area contributed by atoms with Crippen LogP contribution in [0, 0.1) is 82.9 Å². The topological polar surface area (TPSA) is 168 Å². The van der Waals surface area contributed by atoms with Crippen molar-refractivity contribution in [3.05, 3.63) is 0 Å². The molecular formula is C33H62NNa2O9P. The molecule has 2 N–H and O–H groups in total. The van der Waals surface area contributed by atoms with Crippen molar-refractivity contribution in [1.82, 2.24) is 0 Å². The van der Waals surface area contributed by atoms with Crippen LogP contribution < -0.4 is 74.6 Å². The molecule has 0 fully saturated rings. The monoisotopic (exact) mass is 693 g/mol. The largest absolute Gasteiger partial charge is 1.00 e. The minimum Gasteiger partial charge on any atom is -0.790 e. The van der Waals surface area contributed by atoms with Crippen LogP contribution in [0.5, 0.6) is 0 Å². The molecule has 0 bridgehead atoms. The fourth-order valence-electron chi connectivity index (χ4n) is 2.78. The minimum atomic E-state index is -5.32. The fourth-order valence-corrected chi connectivity index (χ4v) is 3.13. The van der Waals surface area contributed by atoms with E-state index in [4.69, 9.17) is 9.47 Å². The maximum Gasteiger partial charge on any atom is 1.00 e. The third kappa shape index (κ3) is 45.9. The Hall–Kier alpha value is -2.56. The van der Waals surface area contributed by atoms with Crippen molar-refractivity contribution < 1.29 is 120 Å². The van der Waals surface area contributed by atoms with Crippen LogP contribution in [0.2, 0.25) is 0 Å². The van der Waals surface area contributed by atoms with E-state index in [1.54, 1.807) is 6.92 Å². The van der Waals surface area contributed by atoms with Gasteiger partial charge in [-0.2, -0.15) is 0 Å². The SMILES string of the molecule is CC#CC#CC#CC#CC#CC#CC#CC(=O)OC[C@H](COP(=O)([O-])[O-])OC(=O)CCCCCCCCCCC.CC(N)=O.[HH].[HH].[HH].[HH].[HH].[HH].[HH].[HH].[HH].[HH].[HH].[HH].[HH].[Na+].[Na+]. The van der Waals surface area contributed by atoms with Gasteiger partial charge in [0.25, 0.3) is 0 Å². The van der Waals surface area contributed by atoms with Gasteiger partial charge in [-0.05, 0) is 84.4 Å².